The Morgan fingerprint density at radius 1 is 1.17 bits per heavy atom. The number of carbonyl (C=O) groups is 1. The van der Waals surface area contributed by atoms with E-state index in [2.05, 4.69) is 44.8 Å². The highest BCUT2D eigenvalue weighted by Crippen LogP contribution is 2.29. The lowest BCUT2D eigenvalue weighted by atomic mass is 10.0. The highest BCUT2D eigenvalue weighted by atomic mass is 35.5. The second-order valence-corrected chi connectivity index (χ2v) is 7.35. The Morgan fingerprint density at radius 2 is 1.90 bits per heavy atom. The first-order chi connectivity index (χ1) is 14.1. The zero-order valence-corrected chi connectivity index (χ0v) is 16.6. The highest BCUT2D eigenvalue weighted by molar-refractivity contribution is 6.34. The molecule has 0 bridgehead atoms. The fourth-order valence-electron chi connectivity index (χ4n) is 3.31. The molecule has 0 aliphatic carbocycles. The third-order valence-corrected chi connectivity index (χ3v) is 5.20. The number of hydrogen-bond donors (Lipinski definition) is 3. The maximum Gasteiger partial charge on any atom is 0.292 e. The highest BCUT2D eigenvalue weighted by Gasteiger charge is 2.14. The van der Waals surface area contributed by atoms with Crippen molar-refractivity contribution in [2.75, 3.05) is 37.2 Å². The average Bonchev–Trinajstić information content (AvgIpc) is 3.18. The van der Waals surface area contributed by atoms with E-state index < -0.39 is 5.91 Å². The molecular formula is C21H22ClN5O2. The van der Waals surface area contributed by atoms with Crippen LogP contribution in [0.2, 0.25) is 5.02 Å². The Morgan fingerprint density at radius 3 is 2.59 bits per heavy atom. The van der Waals surface area contributed by atoms with Gasteiger partial charge < -0.3 is 20.8 Å². The molecule has 0 atom stereocenters. The number of benzene rings is 2. The predicted molar refractivity (Wildman–Crippen MR) is 114 cm³/mol. The van der Waals surface area contributed by atoms with Crippen LogP contribution in [0.4, 0.5) is 11.7 Å². The van der Waals surface area contributed by atoms with E-state index in [0.29, 0.717) is 10.7 Å². The average molecular weight is 412 g/mol. The molecule has 0 spiro atoms. The van der Waals surface area contributed by atoms with Crippen LogP contribution >= 0.6 is 11.6 Å². The minimum atomic E-state index is -0.434. The Labute approximate surface area is 173 Å². The van der Waals surface area contributed by atoms with Gasteiger partial charge in [0.25, 0.3) is 11.9 Å². The molecule has 8 heteroatoms. The number of nitrogens with one attached hydrogen (secondary N) is 2. The first-order valence-corrected chi connectivity index (χ1v) is 9.80. The van der Waals surface area contributed by atoms with Gasteiger partial charge in [0.1, 0.15) is 6.26 Å². The zero-order chi connectivity index (χ0) is 20.2. The summed E-state index contributed by atoms with van der Waals surface area (Å²) in [7, 11) is 0. The van der Waals surface area contributed by atoms with Crippen LogP contribution in [-0.2, 0) is 6.54 Å². The van der Waals surface area contributed by atoms with Gasteiger partial charge in [0.05, 0.1) is 10.7 Å². The lowest BCUT2D eigenvalue weighted by Gasteiger charge is -2.27. The van der Waals surface area contributed by atoms with Crippen molar-refractivity contribution in [3.8, 4) is 11.1 Å². The topological polar surface area (TPSA) is 96.4 Å². The Hall–Kier alpha value is -2.87. The maximum absolute atomic E-state index is 12.3. The lowest BCUT2D eigenvalue weighted by molar-refractivity contribution is 0.102. The van der Waals surface area contributed by atoms with Gasteiger partial charge in [-0.05, 0) is 28.8 Å². The number of nitrogens with zero attached hydrogens (tertiary/aromatic N) is 2. The molecule has 2 aromatic carbocycles. The SMILES string of the molecule is Nc1nc(C(=O)Nc2cc(-c3ccc(CN4CCNCC4)cc3)ccc2Cl)co1. The minimum absolute atomic E-state index is 0.0593. The quantitative estimate of drug-likeness (QED) is 0.596. The number of hydrogen-bond acceptors (Lipinski definition) is 6. The first-order valence-electron chi connectivity index (χ1n) is 9.43. The van der Waals surface area contributed by atoms with E-state index in [-0.39, 0.29) is 11.7 Å². The fraction of sp³-hybridized carbons (Fsp3) is 0.238. The summed E-state index contributed by atoms with van der Waals surface area (Å²) in [6.07, 6.45) is 1.21. The summed E-state index contributed by atoms with van der Waals surface area (Å²) in [4.78, 5) is 18.6. The molecule has 1 aliphatic heterocycles. The molecule has 1 aromatic heterocycles. The van der Waals surface area contributed by atoms with Gasteiger partial charge in [-0.25, -0.2) is 0 Å². The molecule has 4 N–H and O–H groups in total. The third-order valence-electron chi connectivity index (χ3n) is 4.87. The summed E-state index contributed by atoms with van der Waals surface area (Å²) in [6, 6.07) is 13.9. The molecule has 1 saturated heterocycles. The molecule has 3 aromatic rings. The second kappa shape index (κ2) is 8.65. The molecule has 1 amide bonds. The number of carbonyl (C=O) groups excluding carboxylic acids is 1. The number of amides is 1. The monoisotopic (exact) mass is 411 g/mol. The van der Waals surface area contributed by atoms with Crippen LogP contribution in [0.3, 0.4) is 0 Å². The molecule has 1 fully saturated rings. The van der Waals surface area contributed by atoms with E-state index in [1.807, 2.05) is 12.1 Å². The summed E-state index contributed by atoms with van der Waals surface area (Å²) in [5.74, 6) is -0.434. The molecule has 1 aliphatic rings. The summed E-state index contributed by atoms with van der Waals surface area (Å²) in [5, 5.41) is 6.56. The van der Waals surface area contributed by atoms with Crippen LogP contribution in [0.5, 0.6) is 0 Å². The standard InChI is InChI=1S/C21H22ClN5O2/c22-17-6-5-16(11-18(17)25-20(28)19-13-29-21(23)26-19)15-3-1-14(2-4-15)12-27-9-7-24-8-10-27/h1-6,11,13,24H,7-10,12H2,(H2,23,26)(H,25,28). The van der Waals surface area contributed by atoms with Gasteiger partial charge in [-0.2, -0.15) is 4.98 Å². The zero-order valence-electron chi connectivity index (χ0n) is 15.8. The molecule has 2 heterocycles. The fourth-order valence-corrected chi connectivity index (χ4v) is 3.47. The molecular weight excluding hydrogens is 390 g/mol. The Balaban J connectivity index is 1.48. The van der Waals surface area contributed by atoms with Gasteiger partial charge in [-0.15, -0.1) is 0 Å². The van der Waals surface area contributed by atoms with E-state index in [9.17, 15) is 4.79 Å². The number of anilines is 2. The van der Waals surface area contributed by atoms with Crippen LogP contribution in [0.1, 0.15) is 16.1 Å². The van der Waals surface area contributed by atoms with E-state index in [1.54, 1.807) is 6.07 Å². The predicted octanol–water partition coefficient (Wildman–Crippen LogP) is 3.23. The number of oxazole rings is 1. The van der Waals surface area contributed by atoms with Crippen LogP contribution < -0.4 is 16.4 Å². The Kier molecular flexibility index (Phi) is 5.80. The second-order valence-electron chi connectivity index (χ2n) is 6.94. The molecule has 7 nitrogen and oxygen atoms in total. The van der Waals surface area contributed by atoms with Crippen molar-refractivity contribution in [3.63, 3.8) is 0 Å². The van der Waals surface area contributed by atoms with Crippen molar-refractivity contribution in [3.05, 3.63) is 65.0 Å². The van der Waals surface area contributed by atoms with Crippen LogP contribution in [0, 0.1) is 0 Å². The number of nitrogen functional groups attached to an aromatic ring is 1. The van der Waals surface area contributed by atoms with Crippen LogP contribution in [-0.4, -0.2) is 42.0 Å². The first kappa shape index (κ1) is 19.4. The van der Waals surface area contributed by atoms with Gasteiger partial charge in [0.2, 0.25) is 0 Å². The third kappa shape index (κ3) is 4.76. The number of aromatic nitrogens is 1. The van der Waals surface area contributed by atoms with E-state index in [0.717, 1.165) is 43.9 Å². The molecule has 0 radical (unpaired) electrons. The molecule has 150 valence electrons. The smallest absolute Gasteiger partial charge is 0.292 e. The lowest BCUT2D eigenvalue weighted by Crippen LogP contribution is -2.42. The van der Waals surface area contributed by atoms with E-state index in [1.165, 1.54) is 11.8 Å². The Bertz CT molecular complexity index is 997. The van der Waals surface area contributed by atoms with E-state index in [4.69, 9.17) is 21.8 Å². The van der Waals surface area contributed by atoms with Crippen molar-refractivity contribution in [2.24, 2.45) is 0 Å². The minimum Gasteiger partial charge on any atom is -0.431 e. The number of rotatable bonds is 5. The largest absolute Gasteiger partial charge is 0.431 e. The van der Waals surface area contributed by atoms with Gasteiger partial charge in [-0.1, -0.05) is 41.9 Å². The van der Waals surface area contributed by atoms with Crippen LogP contribution in [0.25, 0.3) is 11.1 Å². The number of nitrogens with two attached hydrogens (primary N) is 1. The van der Waals surface area contributed by atoms with Crippen LogP contribution in [0.15, 0.2) is 53.1 Å². The van der Waals surface area contributed by atoms with Gasteiger partial charge >= 0.3 is 0 Å². The van der Waals surface area contributed by atoms with Crippen molar-refractivity contribution in [1.82, 2.24) is 15.2 Å². The van der Waals surface area contributed by atoms with Crippen molar-refractivity contribution in [2.45, 2.75) is 6.54 Å². The summed E-state index contributed by atoms with van der Waals surface area (Å²) in [6.45, 7) is 5.17. The molecule has 0 saturated carbocycles. The van der Waals surface area contributed by atoms with Gasteiger partial charge in [0, 0.05) is 32.7 Å². The van der Waals surface area contributed by atoms with E-state index >= 15 is 0 Å². The molecule has 4 rings (SSSR count). The summed E-state index contributed by atoms with van der Waals surface area (Å²) < 4.78 is 4.88. The van der Waals surface area contributed by atoms with Gasteiger partial charge in [0.15, 0.2) is 5.69 Å². The van der Waals surface area contributed by atoms with Gasteiger partial charge in [-0.3, -0.25) is 9.69 Å². The van der Waals surface area contributed by atoms with Crippen molar-refractivity contribution >= 4 is 29.2 Å². The van der Waals surface area contributed by atoms with Crippen molar-refractivity contribution < 1.29 is 9.21 Å². The maximum atomic E-state index is 12.3. The molecule has 29 heavy (non-hydrogen) atoms. The van der Waals surface area contributed by atoms with Crippen molar-refractivity contribution in [1.29, 1.82) is 0 Å². The number of halogens is 1. The summed E-state index contributed by atoms with van der Waals surface area (Å²) >= 11 is 6.26. The summed E-state index contributed by atoms with van der Waals surface area (Å²) in [5.41, 5.74) is 9.30. The molecule has 0 unspecified atom stereocenters. The normalized spacial score (nSPS) is 14.7. The number of piperazine rings is 1.